The summed E-state index contributed by atoms with van der Waals surface area (Å²) in [6.07, 6.45) is 2.20. The van der Waals surface area contributed by atoms with Crippen LogP contribution >= 0.6 is 11.6 Å². The first-order valence-electron chi connectivity index (χ1n) is 10.1. The number of aliphatic imine (C=N–C) groups is 1. The molecule has 0 bridgehead atoms. The van der Waals surface area contributed by atoms with Crippen LogP contribution in [0.4, 0.5) is 5.82 Å². The summed E-state index contributed by atoms with van der Waals surface area (Å²) in [5.74, 6) is 1.79. The lowest BCUT2D eigenvalue weighted by molar-refractivity contribution is 0.198. The molecule has 7 heteroatoms. The predicted molar refractivity (Wildman–Crippen MR) is 122 cm³/mol. The topological polar surface area (TPSA) is 55.8 Å². The number of piperidine rings is 1. The Labute approximate surface area is 179 Å². The Kier molecular flexibility index (Phi) is 7.72. The van der Waals surface area contributed by atoms with Crippen LogP contribution in [0.2, 0.25) is 5.02 Å². The highest BCUT2D eigenvalue weighted by molar-refractivity contribution is 6.30. The summed E-state index contributed by atoms with van der Waals surface area (Å²) in [5.41, 5.74) is 2.31. The highest BCUT2D eigenvalue weighted by Crippen LogP contribution is 2.16. The van der Waals surface area contributed by atoms with Crippen LogP contribution in [-0.4, -0.2) is 56.1 Å². The van der Waals surface area contributed by atoms with Crippen molar-refractivity contribution in [3.05, 3.63) is 58.7 Å². The van der Waals surface area contributed by atoms with Crippen LogP contribution < -0.4 is 15.5 Å². The minimum Gasteiger partial charge on any atom is -0.363 e. The number of likely N-dealkylation sites (tertiary alicyclic amines) is 1. The lowest BCUT2D eigenvalue weighted by Crippen LogP contribution is -2.48. The number of pyridine rings is 1. The Hall–Kier alpha value is -2.31. The molecule has 0 amide bonds. The zero-order valence-electron chi connectivity index (χ0n) is 17.5. The van der Waals surface area contributed by atoms with Gasteiger partial charge in [-0.1, -0.05) is 29.8 Å². The molecule has 29 heavy (non-hydrogen) atoms. The fraction of sp³-hybridized carbons (Fsp3) is 0.455. The maximum Gasteiger partial charge on any atom is 0.191 e. The number of nitrogens with zero attached hydrogens (tertiary/aromatic N) is 4. The molecule has 0 radical (unpaired) electrons. The fourth-order valence-corrected chi connectivity index (χ4v) is 3.59. The van der Waals surface area contributed by atoms with E-state index in [4.69, 9.17) is 11.6 Å². The minimum absolute atomic E-state index is 0.434. The van der Waals surface area contributed by atoms with E-state index in [1.165, 1.54) is 5.56 Å². The van der Waals surface area contributed by atoms with Gasteiger partial charge >= 0.3 is 0 Å². The van der Waals surface area contributed by atoms with E-state index in [9.17, 15) is 0 Å². The molecule has 6 nitrogen and oxygen atoms in total. The van der Waals surface area contributed by atoms with Crippen molar-refractivity contribution in [1.29, 1.82) is 0 Å². The van der Waals surface area contributed by atoms with Gasteiger partial charge in [0.2, 0.25) is 0 Å². The van der Waals surface area contributed by atoms with E-state index < -0.39 is 0 Å². The third kappa shape index (κ3) is 6.61. The van der Waals surface area contributed by atoms with E-state index in [0.717, 1.165) is 55.0 Å². The summed E-state index contributed by atoms with van der Waals surface area (Å²) in [4.78, 5) is 13.5. The van der Waals surface area contributed by atoms with Gasteiger partial charge in [0.25, 0.3) is 0 Å². The number of halogens is 1. The average molecular weight is 415 g/mol. The Morgan fingerprint density at radius 3 is 2.55 bits per heavy atom. The number of nitrogens with one attached hydrogen (secondary N) is 2. The van der Waals surface area contributed by atoms with Crippen molar-refractivity contribution < 1.29 is 0 Å². The molecule has 2 aromatic rings. The number of guanidine groups is 1. The molecule has 0 aliphatic carbocycles. The van der Waals surface area contributed by atoms with E-state index >= 15 is 0 Å². The van der Waals surface area contributed by atoms with Gasteiger partial charge in [0.05, 0.1) is 12.2 Å². The number of benzene rings is 1. The average Bonchev–Trinajstić information content (AvgIpc) is 2.74. The van der Waals surface area contributed by atoms with E-state index in [0.29, 0.717) is 12.6 Å². The second kappa shape index (κ2) is 10.5. The number of anilines is 1. The molecule has 0 saturated carbocycles. The van der Waals surface area contributed by atoms with Crippen molar-refractivity contribution in [3.63, 3.8) is 0 Å². The van der Waals surface area contributed by atoms with E-state index in [2.05, 4.69) is 37.6 Å². The van der Waals surface area contributed by atoms with Crippen LogP contribution in [0.3, 0.4) is 0 Å². The van der Waals surface area contributed by atoms with Crippen molar-refractivity contribution in [1.82, 2.24) is 20.5 Å². The first-order valence-corrected chi connectivity index (χ1v) is 10.5. The normalized spacial score (nSPS) is 15.9. The van der Waals surface area contributed by atoms with Crippen molar-refractivity contribution in [3.8, 4) is 0 Å². The van der Waals surface area contributed by atoms with Crippen LogP contribution in [0.5, 0.6) is 0 Å². The summed E-state index contributed by atoms with van der Waals surface area (Å²) in [5, 5.41) is 7.74. The van der Waals surface area contributed by atoms with Gasteiger partial charge in [-0.05, 0) is 42.7 Å². The van der Waals surface area contributed by atoms with Gasteiger partial charge in [-0.25, -0.2) is 4.98 Å². The molecule has 2 N–H and O–H groups in total. The molecule has 2 heterocycles. The van der Waals surface area contributed by atoms with Gasteiger partial charge in [0.15, 0.2) is 5.96 Å². The van der Waals surface area contributed by atoms with Crippen LogP contribution in [0, 0.1) is 0 Å². The first-order chi connectivity index (χ1) is 14.0. The SMILES string of the molecule is CN=C(NCc1cccc(N(C)C)n1)NC1CCN(Cc2ccc(Cl)cc2)CC1. The number of hydrogen-bond acceptors (Lipinski definition) is 4. The van der Waals surface area contributed by atoms with Crippen molar-refractivity contribution in [2.75, 3.05) is 39.1 Å². The molecule has 1 aliphatic rings. The molecule has 1 saturated heterocycles. The summed E-state index contributed by atoms with van der Waals surface area (Å²) < 4.78 is 0. The highest BCUT2D eigenvalue weighted by atomic mass is 35.5. The zero-order chi connectivity index (χ0) is 20.6. The molecule has 0 atom stereocenters. The maximum absolute atomic E-state index is 5.98. The first kappa shape index (κ1) is 21.4. The minimum atomic E-state index is 0.434. The Morgan fingerprint density at radius 1 is 1.17 bits per heavy atom. The molecular formula is C22H31ClN6. The summed E-state index contributed by atoms with van der Waals surface area (Å²) in [6, 6.07) is 14.6. The maximum atomic E-state index is 5.98. The molecule has 1 aromatic carbocycles. The Morgan fingerprint density at radius 2 is 1.90 bits per heavy atom. The van der Waals surface area contributed by atoms with Crippen LogP contribution in [-0.2, 0) is 13.1 Å². The van der Waals surface area contributed by atoms with Gasteiger partial charge in [-0.2, -0.15) is 0 Å². The Balaban J connectivity index is 1.43. The number of aromatic nitrogens is 1. The van der Waals surface area contributed by atoms with Gasteiger partial charge in [0, 0.05) is 51.8 Å². The molecule has 0 spiro atoms. The summed E-state index contributed by atoms with van der Waals surface area (Å²) >= 11 is 5.98. The third-order valence-electron chi connectivity index (χ3n) is 5.16. The lowest BCUT2D eigenvalue weighted by Gasteiger charge is -2.33. The Bertz CT molecular complexity index is 797. The fourth-order valence-electron chi connectivity index (χ4n) is 3.46. The largest absolute Gasteiger partial charge is 0.363 e. The second-order valence-electron chi connectivity index (χ2n) is 7.63. The van der Waals surface area contributed by atoms with Crippen molar-refractivity contribution in [2.24, 2.45) is 4.99 Å². The predicted octanol–water partition coefficient (Wildman–Crippen LogP) is 3.13. The van der Waals surface area contributed by atoms with Crippen LogP contribution in [0.15, 0.2) is 47.5 Å². The van der Waals surface area contributed by atoms with E-state index in [1.54, 1.807) is 0 Å². The van der Waals surface area contributed by atoms with Crippen LogP contribution in [0.25, 0.3) is 0 Å². The zero-order valence-corrected chi connectivity index (χ0v) is 18.3. The number of rotatable bonds is 6. The van der Waals surface area contributed by atoms with Crippen LogP contribution in [0.1, 0.15) is 24.1 Å². The standard InChI is InChI=1S/C22H31ClN6/c1-24-22(25-15-20-5-4-6-21(26-20)28(2)3)27-19-11-13-29(14-12-19)16-17-7-9-18(23)10-8-17/h4-10,19H,11-16H2,1-3H3,(H2,24,25,27). The lowest BCUT2D eigenvalue weighted by atomic mass is 10.0. The monoisotopic (exact) mass is 414 g/mol. The molecule has 156 valence electrons. The van der Waals surface area contributed by atoms with Gasteiger partial charge in [-0.3, -0.25) is 9.89 Å². The molecule has 3 rings (SSSR count). The quantitative estimate of drug-likeness (QED) is 0.561. The molecule has 0 unspecified atom stereocenters. The smallest absolute Gasteiger partial charge is 0.191 e. The van der Waals surface area contributed by atoms with Crippen molar-refractivity contribution in [2.45, 2.75) is 32.0 Å². The molecule has 1 aliphatic heterocycles. The van der Waals surface area contributed by atoms with Crippen molar-refractivity contribution >= 4 is 23.4 Å². The van der Waals surface area contributed by atoms with E-state index in [-0.39, 0.29) is 0 Å². The van der Waals surface area contributed by atoms with Gasteiger partial charge in [0.1, 0.15) is 5.82 Å². The molecular weight excluding hydrogens is 384 g/mol. The highest BCUT2D eigenvalue weighted by Gasteiger charge is 2.20. The summed E-state index contributed by atoms with van der Waals surface area (Å²) in [7, 11) is 5.81. The second-order valence-corrected chi connectivity index (χ2v) is 8.06. The molecule has 1 aromatic heterocycles. The van der Waals surface area contributed by atoms with Gasteiger partial charge in [-0.15, -0.1) is 0 Å². The number of hydrogen-bond donors (Lipinski definition) is 2. The molecule has 1 fully saturated rings. The van der Waals surface area contributed by atoms with Gasteiger partial charge < -0.3 is 15.5 Å². The summed E-state index contributed by atoms with van der Waals surface area (Å²) in [6.45, 7) is 3.77. The van der Waals surface area contributed by atoms with E-state index in [1.807, 2.05) is 56.4 Å². The third-order valence-corrected chi connectivity index (χ3v) is 5.41.